The maximum Gasteiger partial charge on any atom is 0.0710 e. The highest BCUT2D eigenvalue weighted by Crippen LogP contribution is 2.11. The van der Waals surface area contributed by atoms with Gasteiger partial charge in [-0.3, -0.25) is 4.90 Å². The summed E-state index contributed by atoms with van der Waals surface area (Å²) in [6, 6.07) is 0.334. The molecule has 2 N–H and O–H groups in total. The van der Waals surface area contributed by atoms with Crippen LogP contribution in [0.15, 0.2) is 0 Å². The summed E-state index contributed by atoms with van der Waals surface area (Å²) in [5.41, 5.74) is 5.86. The number of nitrogens with two attached hydrogens (primary N) is 1. The maximum atomic E-state index is 5.86. The van der Waals surface area contributed by atoms with Gasteiger partial charge in [0.05, 0.1) is 6.10 Å². The molecule has 0 aromatic carbocycles. The lowest BCUT2D eigenvalue weighted by atomic mass is 10.2. The van der Waals surface area contributed by atoms with Crippen LogP contribution in [0.5, 0.6) is 0 Å². The highest BCUT2D eigenvalue weighted by molar-refractivity contribution is 4.78. The first-order valence-corrected chi connectivity index (χ1v) is 4.77. The Labute approximate surface area is 74.9 Å². The molecule has 0 radical (unpaired) electrons. The van der Waals surface area contributed by atoms with Gasteiger partial charge in [0.1, 0.15) is 0 Å². The van der Waals surface area contributed by atoms with E-state index in [1.54, 1.807) is 7.11 Å². The predicted molar refractivity (Wildman–Crippen MR) is 50.1 cm³/mol. The van der Waals surface area contributed by atoms with E-state index in [4.69, 9.17) is 10.5 Å². The van der Waals surface area contributed by atoms with Crippen LogP contribution in [0.3, 0.4) is 0 Å². The van der Waals surface area contributed by atoms with E-state index in [9.17, 15) is 0 Å². The van der Waals surface area contributed by atoms with Crippen molar-refractivity contribution in [2.24, 2.45) is 5.73 Å². The Bertz CT molecular complexity index is 130. The first-order valence-electron chi connectivity index (χ1n) is 4.77. The molecule has 1 rings (SSSR count). The van der Waals surface area contributed by atoms with Crippen molar-refractivity contribution in [1.29, 1.82) is 0 Å². The summed E-state index contributed by atoms with van der Waals surface area (Å²) in [5, 5.41) is 0. The van der Waals surface area contributed by atoms with Gasteiger partial charge >= 0.3 is 0 Å². The van der Waals surface area contributed by atoms with E-state index in [2.05, 4.69) is 11.8 Å². The van der Waals surface area contributed by atoms with Crippen LogP contribution in [-0.2, 0) is 4.74 Å². The topological polar surface area (TPSA) is 38.5 Å². The molecule has 72 valence electrons. The summed E-state index contributed by atoms with van der Waals surface area (Å²) in [6.45, 7) is 5.36. The molecule has 3 heteroatoms. The third kappa shape index (κ3) is 2.73. The third-order valence-electron chi connectivity index (χ3n) is 2.58. The number of ether oxygens (including phenoxy) is 1. The van der Waals surface area contributed by atoms with Crippen LogP contribution >= 0.6 is 0 Å². The Morgan fingerprint density at radius 3 is 2.92 bits per heavy atom. The lowest BCUT2D eigenvalue weighted by Gasteiger charge is -2.19. The van der Waals surface area contributed by atoms with E-state index in [1.165, 1.54) is 0 Å². The zero-order valence-electron chi connectivity index (χ0n) is 8.12. The summed E-state index contributed by atoms with van der Waals surface area (Å²) < 4.78 is 5.27. The average Bonchev–Trinajstić information content (AvgIpc) is 2.52. The second kappa shape index (κ2) is 4.80. The second-order valence-electron chi connectivity index (χ2n) is 3.57. The van der Waals surface area contributed by atoms with E-state index in [1.807, 2.05) is 0 Å². The van der Waals surface area contributed by atoms with Crippen molar-refractivity contribution in [3.8, 4) is 0 Å². The van der Waals surface area contributed by atoms with Gasteiger partial charge in [0.15, 0.2) is 0 Å². The molecule has 0 amide bonds. The number of rotatable bonds is 4. The Morgan fingerprint density at radius 2 is 2.42 bits per heavy atom. The van der Waals surface area contributed by atoms with Crippen LogP contribution in [0.25, 0.3) is 0 Å². The van der Waals surface area contributed by atoms with E-state index in [0.717, 1.165) is 32.5 Å². The van der Waals surface area contributed by atoms with Crippen LogP contribution in [-0.4, -0.2) is 43.8 Å². The molecule has 0 saturated carbocycles. The second-order valence-corrected chi connectivity index (χ2v) is 3.57. The third-order valence-corrected chi connectivity index (χ3v) is 2.58. The van der Waals surface area contributed by atoms with Crippen molar-refractivity contribution in [1.82, 2.24) is 4.90 Å². The van der Waals surface area contributed by atoms with Crippen molar-refractivity contribution in [3.63, 3.8) is 0 Å². The van der Waals surface area contributed by atoms with Crippen LogP contribution in [0.4, 0.5) is 0 Å². The van der Waals surface area contributed by atoms with E-state index in [0.29, 0.717) is 12.1 Å². The van der Waals surface area contributed by atoms with Crippen LogP contribution in [0.1, 0.15) is 19.8 Å². The Morgan fingerprint density at radius 1 is 1.67 bits per heavy atom. The molecular weight excluding hydrogens is 152 g/mol. The summed E-state index contributed by atoms with van der Waals surface area (Å²) in [4.78, 5) is 2.39. The fourth-order valence-corrected chi connectivity index (χ4v) is 1.62. The Balaban J connectivity index is 2.18. The molecule has 0 aromatic heterocycles. The summed E-state index contributed by atoms with van der Waals surface area (Å²) in [6.07, 6.45) is 2.66. The number of nitrogens with zero attached hydrogens (tertiary/aromatic N) is 1. The monoisotopic (exact) mass is 172 g/mol. The van der Waals surface area contributed by atoms with Crippen molar-refractivity contribution in [2.75, 3.05) is 26.7 Å². The molecule has 0 bridgehead atoms. The molecule has 12 heavy (non-hydrogen) atoms. The molecule has 3 nitrogen and oxygen atoms in total. The average molecular weight is 172 g/mol. The number of methoxy groups -OCH3 is 1. The molecule has 1 saturated heterocycles. The zero-order valence-corrected chi connectivity index (χ0v) is 8.12. The van der Waals surface area contributed by atoms with Crippen LogP contribution < -0.4 is 5.73 Å². The predicted octanol–water partition coefficient (Wildman–Crippen LogP) is 0.444. The molecule has 0 spiro atoms. The zero-order chi connectivity index (χ0) is 8.97. The summed E-state index contributed by atoms with van der Waals surface area (Å²) >= 11 is 0. The largest absolute Gasteiger partial charge is 0.380 e. The lowest BCUT2D eigenvalue weighted by molar-refractivity contribution is 0.107. The smallest absolute Gasteiger partial charge is 0.0710 e. The SMILES string of the molecule is CCC(N)CN1CCC(OC)C1. The van der Waals surface area contributed by atoms with Gasteiger partial charge in [-0.25, -0.2) is 0 Å². The van der Waals surface area contributed by atoms with Crippen LogP contribution in [0, 0.1) is 0 Å². The van der Waals surface area contributed by atoms with Gasteiger partial charge in [-0.2, -0.15) is 0 Å². The first kappa shape index (κ1) is 9.96. The van der Waals surface area contributed by atoms with Gasteiger partial charge in [-0.1, -0.05) is 6.92 Å². The Hall–Kier alpha value is -0.120. The molecule has 1 aliphatic heterocycles. The molecule has 1 heterocycles. The van der Waals surface area contributed by atoms with Crippen molar-refractivity contribution >= 4 is 0 Å². The number of hydrogen-bond acceptors (Lipinski definition) is 3. The highest BCUT2D eigenvalue weighted by atomic mass is 16.5. The standard InChI is InChI=1S/C9H20N2O/c1-3-8(10)6-11-5-4-9(7-11)12-2/h8-9H,3-7,10H2,1-2H3. The van der Waals surface area contributed by atoms with Gasteiger partial charge in [-0.05, 0) is 12.8 Å². The molecule has 1 fully saturated rings. The van der Waals surface area contributed by atoms with Gasteiger partial charge < -0.3 is 10.5 Å². The maximum absolute atomic E-state index is 5.86. The fraction of sp³-hybridized carbons (Fsp3) is 1.00. The normalized spacial score (nSPS) is 27.8. The molecule has 1 aliphatic rings. The summed E-state index contributed by atoms with van der Waals surface area (Å²) in [5.74, 6) is 0. The molecule has 0 aromatic rings. The number of hydrogen-bond donors (Lipinski definition) is 1. The minimum absolute atomic E-state index is 0.334. The van der Waals surface area contributed by atoms with Crippen molar-refractivity contribution < 1.29 is 4.74 Å². The molecule has 2 atom stereocenters. The van der Waals surface area contributed by atoms with Gasteiger partial charge in [0.25, 0.3) is 0 Å². The van der Waals surface area contributed by atoms with Gasteiger partial charge in [-0.15, -0.1) is 0 Å². The molecule has 2 unspecified atom stereocenters. The van der Waals surface area contributed by atoms with Crippen LogP contribution in [0.2, 0.25) is 0 Å². The van der Waals surface area contributed by atoms with Crippen molar-refractivity contribution in [3.05, 3.63) is 0 Å². The highest BCUT2D eigenvalue weighted by Gasteiger charge is 2.22. The van der Waals surface area contributed by atoms with E-state index in [-0.39, 0.29) is 0 Å². The van der Waals surface area contributed by atoms with Gasteiger partial charge in [0.2, 0.25) is 0 Å². The van der Waals surface area contributed by atoms with Crippen molar-refractivity contribution in [2.45, 2.75) is 31.9 Å². The fourth-order valence-electron chi connectivity index (χ4n) is 1.62. The van der Waals surface area contributed by atoms with Gasteiger partial charge in [0, 0.05) is 32.8 Å². The Kier molecular flexibility index (Phi) is 3.98. The van der Waals surface area contributed by atoms with E-state index >= 15 is 0 Å². The molecule has 0 aliphatic carbocycles. The molecular formula is C9H20N2O. The minimum Gasteiger partial charge on any atom is -0.380 e. The van der Waals surface area contributed by atoms with E-state index < -0.39 is 0 Å². The quantitative estimate of drug-likeness (QED) is 0.669. The number of likely N-dealkylation sites (tertiary alicyclic amines) is 1. The first-order chi connectivity index (χ1) is 5.76. The lowest BCUT2D eigenvalue weighted by Crippen LogP contribution is -2.36. The summed E-state index contributed by atoms with van der Waals surface area (Å²) in [7, 11) is 1.79. The minimum atomic E-state index is 0.334.